The molecule has 0 saturated carbocycles. The van der Waals surface area contributed by atoms with Crippen molar-refractivity contribution in [2.75, 3.05) is 33.1 Å². The van der Waals surface area contributed by atoms with E-state index in [1.54, 1.807) is 24.3 Å². The van der Waals surface area contributed by atoms with Crippen LogP contribution in [0.25, 0.3) is 0 Å². The molecule has 3 N–H and O–H groups in total. The molecule has 3 atom stereocenters. The summed E-state index contributed by atoms with van der Waals surface area (Å²) in [6.07, 6.45) is -0.0676. The second-order valence-electron chi connectivity index (χ2n) is 6.00. The van der Waals surface area contributed by atoms with Gasteiger partial charge < -0.3 is 25.2 Å². The Morgan fingerprint density at radius 3 is 2.64 bits per heavy atom. The van der Waals surface area contributed by atoms with Crippen LogP contribution in [0.5, 0.6) is 0 Å². The molecular weight excluding hydrogens is 348 g/mol. The van der Waals surface area contributed by atoms with Crippen molar-refractivity contribution in [1.82, 2.24) is 10.6 Å². The molecule has 9 heteroatoms. The van der Waals surface area contributed by atoms with Gasteiger partial charge >= 0.3 is 0 Å². The smallest absolute Gasteiger partial charge is 0.246 e. The summed E-state index contributed by atoms with van der Waals surface area (Å²) in [5.74, 6) is -0.263. The first-order valence-corrected chi connectivity index (χ1v) is 9.78. The van der Waals surface area contributed by atoms with Crippen LogP contribution in [0, 0.1) is 0 Å². The Balaban J connectivity index is 1.81. The van der Waals surface area contributed by atoms with Gasteiger partial charge in [-0.25, -0.2) is 8.42 Å². The summed E-state index contributed by atoms with van der Waals surface area (Å²) in [6, 6.07) is 6.31. The number of hydrogen-bond donors (Lipinski definition) is 3. The highest BCUT2D eigenvalue weighted by Gasteiger charge is 2.35. The van der Waals surface area contributed by atoms with Crippen molar-refractivity contribution in [1.29, 1.82) is 0 Å². The largest absolute Gasteiger partial charge is 0.389 e. The number of methoxy groups -OCH3 is 1. The second kappa shape index (κ2) is 8.72. The zero-order valence-corrected chi connectivity index (χ0v) is 15.1. The van der Waals surface area contributed by atoms with Crippen LogP contribution >= 0.6 is 0 Å². The molecular formula is C16H24N2O6S. The van der Waals surface area contributed by atoms with Gasteiger partial charge in [-0.2, -0.15) is 0 Å². The molecule has 1 aromatic rings. The fourth-order valence-corrected chi connectivity index (χ4v) is 3.17. The SMILES string of the molecule is COCC(=O)NCC1OCC(NCc2ccc(S(C)(=O)=O)cc2)C1O. The van der Waals surface area contributed by atoms with Gasteiger partial charge in [0, 0.05) is 26.5 Å². The lowest BCUT2D eigenvalue weighted by Gasteiger charge is -2.19. The van der Waals surface area contributed by atoms with Crippen LogP contribution in [-0.4, -0.2) is 70.8 Å². The summed E-state index contributed by atoms with van der Waals surface area (Å²) < 4.78 is 33.1. The highest BCUT2D eigenvalue weighted by molar-refractivity contribution is 7.90. The Labute approximate surface area is 147 Å². The predicted molar refractivity (Wildman–Crippen MR) is 90.8 cm³/mol. The van der Waals surface area contributed by atoms with Gasteiger partial charge in [-0.1, -0.05) is 12.1 Å². The summed E-state index contributed by atoms with van der Waals surface area (Å²) in [4.78, 5) is 11.6. The molecule has 0 radical (unpaired) electrons. The third-order valence-electron chi connectivity index (χ3n) is 3.98. The van der Waals surface area contributed by atoms with Gasteiger partial charge in [-0.15, -0.1) is 0 Å². The standard InChI is InChI=1S/C16H24N2O6S/c1-23-10-15(19)18-8-14-16(20)13(9-24-14)17-7-11-3-5-12(6-4-11)25(2,21)22/h3-6,13-14,16-17,20H,7-10H2,1-2H3,(H,18,19). The fourth-order valence-electron chi connectivity index (χ4n) is 2.54. The van der Waals surface area contributed by atoms with E-state index in [1.807, 2.05) is 0 Å². The van der Waals surface area contributed by atoms with Crippen molar-refractivity contribution in [2.45, 2.75) is 29.7 Å². The number of hydrogen-bond acceptors (Lipinski definition) is 7. The lowest BCUT2D eigenvalue weighted by molar-refractivity contribution is -0.125. The van der Waals surface area contributed by atoms with Gasteiger partial charge in [-0.05, 0) is 17.7 Å². The number of ether oxygens (including phenoxy) is 2. The van der Waals surface area contributed by atoms with E-state index < -0.39 is 22.0 Å². The topological polar surface area (TPSA) is 114 Å². The van der Waals surface area contributed by atoms with Gasteiger partial charge in [0.25, 0.3) is 0 Å². The van der Waals surface area contributed by atoms with Crippen molar-refractivity contribution in [3.8, 4) is 0 Å². The minimum absolute atomic E-state index is 0.0338. The van der Waals surface area contributed by atoms with Crippen molar-refractivity contribution in [2.24, 2.45) is 0 Å². The Kier molecular flexibility index (Phi) is 6.91. The predicted octanol–water partition coefficient (Wildman–Crippen LogP) is -0.929. The van der Waals surface area contributed by atoms with Gasteiger partial charge in [0.1, 0.15) is 12.7 Å². The summed E-state index contributed by atoms with van der Waals surface area (Å²) in [6.45, 7) is 0.976. The zero-order chi connectivity index (χ0) is 18.4. The maximum atomic E-state index is 11.4. The number of benzene rings is 1. The molecule has 25 heavy (non-hydrogen) atoms. The van der Waals surface area contributed by atoms with Gasteiger partial charge in [-0.3, -0.25) is 4.79 Å². The Morgan fingerprint density at radius 2 is 2.04 bits per heavy atom. The summed E-state index contributed by atoms with van der Waals surface area (Å²) >= 11 is 0. The number of amides is 1. The summed E-state index contributed by atoms with van der Waals surface area (Å²) in [5, 5.41) is 16.1. The highest BCUT2D eigenvalue weighted by atomic mass is 32.2. The normalized spacial score (nSPS) is 23.6. The molecule has 1 heterocycles. The van der Waals surface area contributed by atoms with Crippen LogP contribution in [0.2, 0.25) is 0 Å². The van der Waals surface area contributed by atoms with E-state index in [2.05, 4.69) is 10.6 Å². The minimum atomic E-state index is -3.21. The van der Waals surface area contributed by atoms with Crippen LogP contribution in [0.15, 0.2) is 29.2 Å². The molecule has 0 bridgehead atoms. The van der Waals surface area contributed by atoms with Gasteiger partial charge in [0.15, 0.2) is 9.84 Å². The van der Waals surface area contributed by atoms with Crippen LogP contribution < -0.4 is 10.6 Å². The Bertz CT molecular complexity index is 676. The maximum Gasteiger partial charge on any atom is 0.246 e. The summed E-state index contributed by atoms with van der Waals surface area (Å²) in [7, 11) is -1.77. The van der Waals surface area contributed by atoms with E-state index in [4.69, 9.17) is 9.47 Å². The molecule has 1 aliphatic rings. The lowest BCUT2D eigenvalue weighted by atomic mass is 10.1. The van der Waals surface area contributed by atoms with E-state index in [0.29, 0.717) is 13.2 Å². The maximum absolute atomic E-state index is 11.4. The van der Waals surface area contributed by atoms with E-state index in [9.17, 15) is 18.3 Å². The number of aliphatic hydroxyl groups is 1. The quantitative estimate of drug-likeness (QED) is 0.540. The molecule has 3 unspecified atom stereocenters. The van der Waals surface area contributed by atoms with Crippen LogP contribution in [0.3, 0.4) is 0 Å². The number of nitrogens with one attached hydrogen (secondary N) is 2. The molecule has 140 valence electrons. The first kappa shape index (κ1) is 19.8. The number of sulfone groups is 1. The van der Waals surface area contributed by atoms with Crippen molar-refractivity contribution in [3.05, 3.63) is 29.8 Å². The molecule has 1 fully saturated rings. The number of carbonyl (C=O) groups is 1. The third kappa shape index (κ3) is 5.75. The zero-order valence-electron chi connectivity index (χ0n) is 14.3. The Morgan fingerprint density at radius 1 is 1.36 bits per heavy atom. The molecule has 0 aromatic heterocycles. The highest BCUT2D eigenvalue weighted by Crippen LogP contribution is 2.15. The monoisotopic (exact) mass is 372 g/mol. The fraction of sp³-hybridized carbons (Fsp3) is 0.562. The second-order valence-corrected chi connectivity index (χ2v) is 8.02. The molecule has 1 aliphatic heterocycles. The molecule has 1 saturated heterocycles. The first-order valence-electron chi connectivity index (χ1n) is 7.89. The van der Waals surface area contributed by atoms with E-state index in [-0.39, 0.29) is 30.0 Å². The number of aliphatic hydroxyl groups excluding tert-OH is 1. The van der Waals surface area contributed by atoms with Crippen LogP contribution in [0.4, 0.5) is 0 Å². The van der Waals surface area contributed by atoms with Crippen molar-refractivity contribution in [3.63, 3.8) is 0 Å². The third-order valence-corrected chi connectivity index (χ3v) is 5.11. The lowest BCUT2D eigenvalue weighted by Crippen LogP contribution is -2.45. The van der Waals surface area contributed by atoms with Gasteiger partial charge in [0.2, 0.25) is 5.91 Å². The molecule has 0 spiro atoms. The van der Waals surface area contributed by atoms with Crippen LogP contribution in [0.1, 0.15) is 5.56 Å². The van der Waals surface area contributed by atoms with Crippen molar-refractivity contribution < 1.29 is 27.8 Å². The number of carbonyl (C=O) groups excluding carboxylic acids is 1. The molecule has 1 aromatic carbocycles. The average molecular weight is 372 g/mol. The van der Waals surface area contributed by atoms with Crippen LogP contribution in [-0.2, 0) is 30.7 Å². The first-order chi connectivity index (χ1) is 11.8. The summed E-state index contributed by atoms with van der Waals surface area (Å²) in [5.41, 5.74) is 0.899. The number of rotatable bonds is 8. The van der Waals surface area contributed by atoms with E-state index in [0.717, 1.165) is 11.8 Å². The Hall–Kier alpha value is -1.52. The van der Waals surface area contributed by atoms with E-state index in [1.165, 1.54) is 7.11 Å². The molecule has 2 rings (SSSR count). The minimum Gasteiger partial charge on any atom is -0.389 e. The molecule has 0 aliphatic carbocycles. The van der Waals surface area contributed by atoms with Crippen molar-refractivity contribution >= 4 is 15.7 Å². The molecule has 8 nitrogen and oxygen atoms in total. The average Bonchev–Trinajstić information content (AvgIpc) is 2.91. The van der Waals surface area contributed by atoms with E-state index >= 15 is 0 Å². The molecule has 1 amide bonds. The van der Waals surface area contributed by atoms with Gasteiger partial charge in [0.05, 0.1) is 23.6 Å².